The number of carboxylic acid groups (broad SMARTS) is 1. The standard InChI is InChI=1S/C21H14O6/c22-16-9-14(26-11-12-5-7-13(8-6-12)21(24)25)10-18-19(16)20(23)15-3-1-2-4-17(15)27-18/h1-10,22H,11H2,(H,24,25)/p-1. The molecule has 0 saturated heterocycles. The van der Waals surface area contributed by atoms with Crippen LogP contribution in [-0.4, -0.2) is 11.1 Å². The van der Waals surface area contributed by atoms with Gasteiger partial charge in [-0.2, -0.15) is 0 Å². The van der Waals surface area contributed by atoms with Crippen molar-refractivity contribution in [3.63, 3.8) is 0 Å². The number of para-hydroxylation sites is 1. The van der Waals surface area contributed by atoms with Crippen molar-refractivity contribution in [2.24, 2.45) is 0 Å². The van der Waals surface area contributed by atoms with Crippen LogP contribution in [0.2, 0.25) is 0 Å². The van der Waals surface area contributed by atoms with Crippen LogP contribution in [0.5, 0.6) is 11.5 Å². The fourth-order valence-corrected chi connectivity index (χ4v) is 2.87. The van der Waals surface area contributed by atoms with Crippen LogP contribution in [0, 0.1) is 0 Å². The Morgan fingerprint density at radius 2 is 1.78 bits per heavy atom. The smallest absolute Gasteiger partial charge is 0.204 e. The highest BCUT2D eigenvalue weighted by Gasteiger charge is 2.13. The topological polar surface area (TPSA) is 99.8 Å². The fourth-order valence-electron chi connectivity index (χ4n) is 2.87. The van der Waals surface area contributed by atoms with Crippen LogP contribution in [0.15, 0.2) is 69.9 Å². The number of fused-ring (bicyclic) bond motifs is 2. The fraction of sp³-hybridized carbons (Fsp3) is 0.0476. The molecular formula is C21H13O6-. The number of hydrogen-bond donors (Lipinski definition) is 1. The molecule has 0 fully saturated rings. The minimum absolute atomic E-state index is 0.0794. The molecule has 0 aliphatic carbocycles. The number of benzene rings is 3. The Balaban J connectivity index is 1.67. The van der Waals surface area contributed by atoms with Gasteiger partial charge in [0.2, 0.25) is 5.43 Å². The molecule has 0 bridgehead atoms. The summed E-state index contributed by atoms with van der Waals surface area (Å²) in [5.41, 5.74) is 1.15. The molecule has 6 heteroatoms. The maximum Gasteiger partial charge on any atom is 0.204 e. The number of aromatic hydroxyl groups is 1. The number of aromatic carboxylic acids is 1. The lowest BCUT2D eigenvalue weighted by molar-refractivity contribution is -0.255. The van der Waals surface area contributed by atoms with Crippen LogP contribution in [-0.2, 0) is 6.61 Å². The van der Waals surface area contributed by atoms with E-state index in [-0.39, 0.29) is 34.3 Å². The summed E-state index contributed by atoms with van der Waals surface area (Å²) in [6.07, 6.45) is 0. The van der Waals surface area contributed by atoms with E-state index in [0.717, 1.165) is 5.56 Å². The second kappa shape index (κ2) is 6.49. The Bertz CT molecular complexity index is 1220. The first kappa shape index (κ1) is 16.7. The van der Waals surface area contributed by atoms with Crippen molar-refractivity contribution in [2.45, 2.75) is 6.61 Å². The summed E-state index contributed by atoms with van der Waals surface area (Å²) in [4.78, 5) is 23.3. The first-order chi connectivity index (χ1) is 13.0. The molecule has 0 radical (unpaired) electrons. The maximum absolute atomic E-state index is 12.6. The van der Waals surface area contributed by atoms with Gasteiger partial charge in [-0.05, 0) is 23.3 Å². The lowest BCUT2D eigenvalue weighted by atomic mass is 10.1. The second-order valence-electron chi connectivity index (χ2n) is 6.02. The number of carbonyl (C=O) groups excluding carboxylic acids is 1. The van der Waals surface area contributed by atoms with Crippen LogP contribution >= 0.6 is 0 Å². The molecular weight excluding hydrogens is 348 g/mol. The molecule has 3 aromatic carbocycles. The van der Waals surface area contributed by atoms with Gasteiger partial charge < -0.3 is 24.2 Å². The van der Waals surface area contributed by atoms with Gasteiger partial charge in [0.05, 0.1) is 11.4 Å². The highest BCUT2D eigenvalue weighted by atomic mass is 16.5. The Morgan fingerprint density at radius 1 is 1.04 bits per heavy atom. The molecule has 0 spiro atoms. The zero-order chi connectivity index (χ0) is 19.0. The molecule has 4 aromatic rings. The van der Waals surface area contributed by atoms with E-state index in [1.807, 2.05) is 0 Å². The van der Waals surface area contributed by atoms with Gasteiger partial charge >= 0.3 is 0 Å². The number of ether oxygens (including phenoxy) is 1. The predicted octanol–water partition coefficient (Wildman–Crippen LogP) is 2.59. The Labute approximate surface area is 152 Å². The zero-order valence-corrected chi connectivity index (χ0v) is 14.0. The van der Waals surface area contributed by atoms with E-state index in [1.54, 1.807) is 42.5 Å². The van der Waals surface area contributed by atoms with Gasteiger partial charge in [-0.1, -0.05) is 36.4 Å². The van der Waals surface area contributed by atoms with E-state index in [9.17, 15) is 19.8 Å². The zero-order valence-electron chi connectivity index (χ0n) is 14.0. The lowest BCUT2D eigenvalue weighted by Crippen LogP contribution is -2.22. The van der Waals surface area contributed by atoms with E-state index >= 15 is 0 Å². The summed E-state index contributed by atoms with van der Waals surface area (Å²) in [7, 11) is 0. The highest BCUT2D eigenvalue weighted by Crippen LogP contribution is 2.30. The van der Waals surface area contributed by atoms with E-state index in [2.05, 4.69) is 0 Å². The number of carbonyl (C=O) groups is 1. The average molecular weight is 361 g/mol. The van der Waals surface area contributed by atoms with Gasteiger partial charge in [0.1, 0.15) is 34.7 Å². The van der Waals surface area contributed by atoms with Crippen LogP contribution in [0.1, 0.15) is 15.9 Å². The average Bonchev–Trinajstić information content (AvgIpc) is 2.66. The molecule has 1 heterocycles. The summed E-state index contributed by atoms with van der Waals surface area (Å²) >= 11 is 0. The molecule has 0 aliphatic heterocycles. The number of phenols is 1. The second-order valence-corrected chi connectivity index (χ2v) is 6.02. The minimum atomic E-state index is -1.25. The van der Waals surface area contributed by atoms with Crippen molar-refractivity contribution >= 4 is 27.9 Å². The molecule has 6 nitrogen and oxygen atoms in total. The van der Waals surface area contributed by atoms with Gasteiger partial charge in [-0.15, -0.1) is 0 Å². The van der Waals surface area contributed by atoms with Crippen molar-refractivity contribution in [3.05, 3.63) is 82.0 Å². The van der Waals surface area contributed by atoms with Gasteiger partial charge in [-0.25, -0.2) is 0 Å². The van der Waals surface area contributed by atoms with Crippen molar-refractivity contribution in [1.82, 2.24) is 0 Å². The van der Waals surface area contributed by atoms with Crippen LogP contribution in [0.25, 0.3) is 21.9 Å². The summed E-state index contributed by atoms with van der Waals surface area (Å²) in [5.74, 6) is -1.15. The van der Waals surface area contributed by atoms with Gasteiger partial charge in [0.15, 0.2) is 0 Å². The van der Waals surface area contributed by atoms with Gasteiger partial charge in [0.25, 0.3) is 0 Å². The van der Waals surface area contributed by atoms with Crippen LogP contribution in [0.4, 0.5) is 0 Å². The largest absolute Gasteiger partial charge is 0.545 e. The third-order valence-corrected chi connectivity index (χ3v) is 4.23. The van der Waals surface area contributed by atoms with Crippen molar-refractivity contribution in [2.75, 3.05) is 0 Å². The number of hydrogen-bond acceptors (Lipinski definition) is 6. The quantitative estimate of drug-likeness (QED) is 0.561. The van der Waals surface area contributed by atoms with Crippen LogP contribution in [0.3, 0.4) is 0 Å². The molecule has 0 saturated carbocycles. The van der Waals surface area contributed by atoms with E-state index in [0.29, 0.717) is 16.7 Å². The molecule has 0 amide bonds. The highest BCUT2D eigenvalue weighted by molar-refractivity contribution is 5.93. The molecule has 0 atom stereocenters. The molecule has 0 aliphatic rings. The first-order valence-corrected chi connectivity index (χ1v) is 8.14. The maximum atomic E-state index is 12.6. The third kappa shape index (κ3) is 3.08. The molecule has 4 rings (SSSR count). The van der Waals surface area contributed by atoms with E-state index in [1.165, 1.54) is 18.2 Å². The van der Waals surface area contributed by atoms with E-state index in [4.69, 9.17) is 9.15 Å². The first-order valence-electron chi connectivity index (χ1n) is 8.14. The van der Waals surface area contributed by atoms with Crippen molar-refractivity contribution in [3.8, 4) is 11.5 Å². The van der Waals surface area contributed by atoms with Crippen molar-refractivity contribution in [1.29, 1.82) is 0 Å². The van der Waals surface area contributed by atoms with Crippen molar-refractivity contribution < 1.29 is 24.2 Å². The Morgan fingerprint density at radius 3 is 2.52 bits per heavy atom. The minimum Gasteiger partial charge on any atom is -0.545 e. The van der Waals surface area contributed by atoms with Crippen LogP contribution < -0.4 is 15.3 Å². The summed E-state index contributed by atoms with van der Waals surface area (Å²) < 4.78 is 11.4. The SMILES string of the molecule is O=C([O-])c1ccc(COc2cc(O)c3c(=O)c4ccccc4oc3c2)cc1. The Kier molecular flexibility index (Phi) is 4.01. The molecule has 1 N–H and O–H groups in total. The number of carboxylic acids is 1. The predicted molar refractivity (Wildman–Crippen MR) is 96.8 cm³/mol. The lowest BCUT2D eigenvalue weighted by Gasteiger charge is -2.10. The summed E-state index contributed by atoms with van der Waals surface area (Å²) in [5, 5.41) is 21.5. The molecule has 27 heavy (non-hydrogen) atoms. The van der Waals surface area contributed by atoms with Gasteiger partial charge in [-0.3, -0.25) is 4.79 Å². The molecule has 1 aromatic heterocycles. The monoisotopic (exact) mass is 361 g/mol. The summed E-state index contributed by atoms with van der Waals surface area (Å²) in [6, 6.07) is 15.8. The van der Waals surface area contributed by atoms with E-state index < -0.39 is 5.97 Å². The third-order valence-electron chi connectivity index (χ3n) is 4.23. The molecule has 0 unspecified atom stereocenters. The number of rotatable bonds is 4. The normalized spacial score (nSPS) is 11.0. The molecule has 134 valence electrons. The van der Waals surface area contributed by atoms with Gasteiger partial charge in [0, 0.05) is 12.1 Å². The Hall–Kier alpha value is -3.80. The summed E-state index contributed by atoms with van der Waals surface area (Å²) in [6.45, 7) is 0.149. The number of phenolic OH excluding ortho intramolecular Hbond substituents is 1.